The molecule has 0 heterocycles. The van der Waals surface area contributed by atoms with Gasteiger partial charge in [-0.1, -0.05) is 56.9 Å². The van der Waals surface area contributed by atoms with Crippen molar-refractivity contribution >= 4 is 5.78 Å². The van der Waals surface area contributed by atoms with Crippen LogP contribution in [-0.4, -0.2) is 30.3 Å². The van der Waals surface area contributed by atoms with E-state index < -0.39 is 0 Å². The van der Waals surface area contributed by atoms with Gasteiger partial charge in [0.05, 0.1) is 6.54 Å². The lowest BCUT2D eigenvalue weighted by molar-refractivity contribution is 0.0912. The van der Waals surface area contributed by atoms with Crippen LogP contribution in [0.5, 0.6) is 0 Å². The zero-order chi connectivity index (χ0) is 14.4. The van der Waals surface area contributed by atoms with Gasteiger partial charge >= 0.3 is 0 Å². The molecule has 1 aromatic rings. The zero-order valence-electron chi connectivity index (χ0n) is 12.9. The number of aryl methyl sites for hydroxylation is 1. The van der Waals surface area contributed by atoms with Crippen molar-refractivity contribution in [2.24, 2.45) is 0 Å². The molecule has 110 valence electrons. The van der Waals surface area contributed by atoms with Gasteiger partial charge in [-0.2, -0.15) is 0 Å². The second-order valence-electron chi connectivity index (χ2n) is 6.03. The first kappa shape index (κ1) is 15.2. The highest BCUT2D eigenvalue weighted by Gasteiger charge is 2.19. The van der Waals surface area contributed by atoms with Gasteiger partial charge in [0.25, 0.3) is 0 Å². The van der Waals surface area contributed by atoms with Gasteiger partial charge in [0.15, 0.2) is 5.78 Å². The zero-order valence-corrected chi connectivity index (χ0v) is 12.9. The molecule has 2 rings (SSSR count). The molecular weight excluding hydrogens is 246 g/mol. The van der Waals surface area contributed by atoms with Crippen LogP contribution >= 0.6 is 0 Å². The fourth-order valence-electron chi connectivity index (χ4n) is 3.07. The average molecular weight is 273 g/mol. The summed E-state index contributed by atoms with van der Waals surface area (Å²) in [6.45, 7) is 2.69. The molecule has 1 aromatic carbocycles. The third kappa shape index (κ3) is 4.17. The van der Waals surface area contributed by atoms with Gasteiger partial charge in [-0.15, -0.1) is 0 Å². The van der Waals surface area contributed by atoms with Crippen LogP contribution in [0.25, 0.3) is 0 Å². The van der Waals surface area contributed by atoms with E-state index in [9.17, 15) is 4.79 Å². The van der Waals surface area contributed by atoms with Crippen LogP contribution in [0.3, 0.4) is 0 Å². The molecule has 2 nitrogen and oxygen atoms in total. The number of hydrogen-bond acceptors (Lipinski definition) is 2. The van der Waals surface area contributed by atoms with Crippen LogP contribution in [0.15, 0.2) is 24.3 Å². The van der Waals surface area contributed by atoms with Gasteiger partial charge in [-0.3, -0.25) is 9.69 Å². The Kier molecular flexibility index (Phi) is 5.78. The first-order valence-electron chi connectivity index (χ1n) is 8.03. The van der Waals surface area contributed by atoms with Gasteiger partial charge in [-0.25, -0.2) is 0 Å². The van der Waals surface area contributed by atoms with Crippen molar-refractivity contribution in [1.29, 1.82) is 0 Å². The number of ketones is 1. The maximum Gasteiger partial charge on any atom is 0.176 e. The predicted octanol–water partition coefficient (Wildman–Crippen LogP) is 4.09. The summed E-state index contributed by atoms with van der Waals surface area (Å²) in [4.78, 5) is 14.6. The molecular formula is C18H27NO. The Hall–Kier alpha value is -1.15. The SMILES string of the molecule is CCc1ccc(C(=O)CN(C)C2CCCCCC2)cc1. The second kappa shape index (κ2) is 7.58. The van der Waals surface area contributed by atoms with Crippen molar-refractivity contribution in [2.45, 2.75) is 57.9 Å². The first-order valence-corrected chi connectivity index (χ1v) is 8.03. The molecule has 1 fully saturated rings. The maximum absolute atomic E-state index is 12.3. The first-order chi connectivity index (χ1) is 9.70. The van der Waals surface area contributed by atoms with Gasteiger partial charge in [0.1, 0.15) is 0 Å². The monoisotopic (exact) mass is 273 g/mol. The Morgan fingerprint density at radius 3 is 2.25 bits per heavy atom. The molecule has 0 bridgehead atoms. The van der Waals surface area contributed by atoms with Gasteiger partial charge < -0.3 is 0 Å². The fraction of sp³-hybridized carbons (Fsp3) is 0.611. The summed E-state index contributed by atoms with van der Waals surface area (Å²) < 4.78 is 0. The lowest BCUT2D eigenvalue weighted by atomic mass is 10.0. The Balaban J connectivity index is 1.91. The van der Waals surface area contributed by atoms with E-state index in [1.807, 2.05) is 12.1 Å². The minimum Gasteiger partial charge on any atom is -0.296 e. The van der Waals surface area contributed by atoms with Crippen LogP contribution in [0, 0.1) is 0 Å². The molecule has 1 saturated carbocycles. The van der Waals surface area contributed by atoms with E-state index in [-0.39, 0.29) is 5.78 Å². The number of carbonyl (C=O) groups is 1. The normalized spacial score (nSPS) is 17.1. The number of Topliss-reactive ketones (excluding diaryl/α,β-unsaturated/α-hetero) is 1. The van der Waals surface area contributed by atoms with Crippen molar-refractivity contribution in [3.63, 3.8) is 0 Å². The molecule has 1 aliphatic rings. The van der Waals surface area contributed by atoms with Crippen LogP contribution in [0.4, 0.5) is 0 Å². The van der Waals surface area contributed by atoms with E-state index in [2.05, 4.69) is 31.0 Å². The molecule has 0 N–H and O–H groups in total. The molecule has 20 heavy (non-hydrogen) atoms. The smallest absolute Gasteiger partial charge is 0.176 e. The molecule has 0 spiro atoms. The quantitative estimate of drug-likeness (QED) is 0.595. The maximum atomic E-state index is 12.3. The molecule has 0 saturated heterocycles. The van der Waals surface area contributed by atoms with Crippen molar-refractivity contribution < 1.29 is 4.79 Å². The number of carbonyl (C=O) groups excluding carboxylic acids is 1. The number of likely N-dealkylation sites (N-methyl/N-ethyl adjacent to an activating group) is 1. The summed E-state index contributed by atoms with van der Waals surface area (Å²) in [6, 6.07) is 8.68. The van der Waals surface area contributed by atoms with E-state index >= 15 is 0 Å². The number of benzene rings is 1. The molecule has 1 aliphatic carbocycles. The number of nitrogens with zero attached hydrogens (tertiary/aromatic N) is 1. The van der Waals surface area contributed by atoms with E-state index in [4.69, 9.17) is 0 Å². The highest BCUT2D eigenvalue weighted by atomic mass is 16.1. The highest BCUT2D eigenvalue weighted by Crippen LogP contribution is 2.21. The van der Waals surface area contributed by atoms with Crippen molar-refractivity contribution in [2.75, 3.05) is 13.6 Å². The van der Waals surface area contributed by atoms with Crippen LogP contribution in [-0.2, 0) is 6.42 Å². The number of hydrogen-bond donors (Lipinski definition) is 0. The molecule has 0 amide bonds. The van der Waals surface area contributed by atoms with Gasteiger partial charge in [0.2, 0.25) is 0 Å². The Labute approximate surface area is 123 Å². The Bertz CT molecular complexity index is 416. The largest absolute Gasteiger partial charge is 0.296 e. The predicted molar refractivity (Wildman–Crippen MR) is 84.3 cm³/mol. The van der Waals surface area contributed by atoms with Crippen molar-refractivity contribution in [3.05, 3.63) is 35.4 Å². The molecule has 2 heteroatoms. The van der Waals surface area contributed by atoms with Crippen molar-refractivity contribution in [1.82, 2.24) is 4.90 Å². The topological polar surface area (TPSA) is 20.3 Å². The lowest BCUT2D eigenvalue weighted by Crippen LogP contribution is -2.35. The van der Waals surface area contributed by atoms with E-state index in [0.717, 1.165) is 12.0 Å². The molecule has 0 aliphatic heterocycles. The van der Waals surface area contributed by atoms with Crippen LogP contribution in [0.1, 0.15) is 61.4 Å². The summed E-state index contributed by atoms with van der Waals surface area (Å²) in [7, 11) is 2.11. The highest BCUT2D eigenvalue weighted by molar-refractivity contribution is 5.97. The molecule has 0 unspecified atom stereocenters. The van der Waals surface area contributed by atoms with Crippen molar-refractivity contribution in [3.8, 4) is 0 Å². The number of rotatable bonds is 5. The molecule has 0 aromatic heterocycles. The Morgan fingerprint density at radius 1 is 1.10 bits per heavy atom. The third-order valence-corrected chi connectivity index (χ3v) is 4.53. The summed E-state index contributed by atoms with van der Waals surface area (Å²) in [5, 5.41) is 0. The van der Waals surface area contributed by atoms with Crippen LogP contribution in [0.2, 0.25) is 0 Å². The third-order valence-electron chi connectivity index (χ3n) is 4.53. The van der Waals surface area contributed by atoms with E-state index in [1.165, 1.54) is 44.1 Å². The molecule has 0 atom stereocenters. The van der Waals surface area contributed by atoms with Crippen LogP contribution < -0.4 is 0 Å². The van der Waals surface area contributed by atoms with E-state index in [0.29, 0.717) is 12.6 Å². The summed E-state index contributed by atoms with van der Waals surface area (Å²) in [5.41, 5.74) is 2.14. The lowest BCUT2D eigenvalue weighted by Gasteiger charge is -2.26. The Morgan fingerprint density at radius 2 is 1.70 bits per heavy atom. The molecule has 0 radical (unpaired) electrons. The fourth-order valence-corrected chi connectivity index (χ4v) is 3.07. The standard InChI is InChI=1S/C18H27NO/c1-3-15-10-12-16(13-11-15)18(20)14-19(2)17-8-6-4-5-7-9-17/h10-13,17H,3-9,14H2,1-2H3. The van der Waals surface area contributed by atoms with Gasteiger partial charge in [-0.05, 0) is 31.9 Å². The summed E-state index contributed by atoms with van der Waals surface area (Å²) in [5.74, 6) is 0.249. The average Bonchev–Trinajstić information content (AvgIpc) is 2.76. The van der Waals surface area contributed by atoms with Gasteiger partial charge in [0, 0.05) is 11.6 Å². The summed E-state index contributed by atoms with van der Waals surface area (Å²) in [6.07, 6.45) is 8.86. The summed E-state index contributed by atoms with van der Waals surface area (Å²) >= 11 is 0. The second-order valence-corrected chi connectivity index (χ2v) is 6.03. The minimum absolute atomic E-state index is 0.249. The van der Waals surface area contributed by atoms with E-state index in [1.54, 1.807) is 0 Å². The minimum atomic E-state index is 0.249.